The van der Waals surface area contributed by atoms with Gasteiger partial charge in [-0.1, -0.05) is 11.3 Å². The summed E-state index contributed by atoms with van der Waals surface area (Å²) in [6.45, 7) is 0. The minimum Gasteiger partial charge on any atom is -0.497 e. The van der Waals surface area contributed by atoms with Gasteiger partial charge in [-0.05, 0) is 37.1 Å². The lowest BCUT2D eigenvalue weighted by atomic mass is 9.91. The molecule has 0 saturated heterocycles. The molecular weight excluding hydrogens is 265 g/mol. The monoisotopic (exact) mass is 279 g/mol. The van der Waals surface area contributed by atoms with E-state index in [1.807, 2.05) is 24.3 Å². The largest absolute Gasteiger partial charge is 0.497 e. The first-order valence-corrected chi connectivity index (χ1v) is 6.95. The number of hydrogen-bond donors (Lipinski definition) is 1. The molecule has 1 N–H and O–H groups in total. The smallest absolute Gasteiger partial charge is 0.206 e. The number of nitrogens with zero attached hydrogens (tertiary/aromatic N) is 2. The first-order valence-electron chi connectivity index (χ1n) is 6.13. The highest BCUT2D eigenvalue weighted by Crippen LogP contribution is 2.31. The normalized spacial score (nSPS) is 21.8. The van der Waals surface area contributed by atoms with Crippen LogP contribution in [0.3, 0.4) is 0 Å². The molecule has 0 radical (unpaired) electrons. The summed E-state index contributed by atoms with van der Waals surface area (Å²) in [6, 6.07) is 7.88. The van der Waals surface area contributed by atoms with E-state index in [0.29, 0.717) is 12.8 Å². The van der Waals surface area contributed by atoms with Crippen LogP contribution in [0.4, 0.5) is 9.52 Å². The molecule has 0 unspecified atom stereocenters. The molecule has 0 amide bonds. The average Bonchev–Trinajstić information content (AvgIpc) is 2.86. The molecule has 4 nitrogen and oxygen atoms in total. The maximum absolute atomic E-state index is 12.7. The molecule has 1 heterocycles. The predicted molar refractivity (Wildman–Crippen MR) is 73.4 cm³/mol. The van der Waals surface area contributed by atoms with E-state index in [0.717, 1.165) is 21.5 Å². The summed E-state index contributed by atoms with van der Waals surface area (Å²) in [5.74, 6) is 0.815. The second-order valence-electron chi connectivity index (χ2n) is 4.55. The summed E-state index contributed by atoms with van der Waals surface area (Å²) >= 11 is 1.48. The van der Waals surface area contributed by atoms with Crippen LogP contribution in [0.5, 0.6) is 5.75 Å². The van der Waals surface area contributed by atoms with E-state index in [1.165, 1.54) is 11.3 Å². The van der Waals surface area contributed by atoms with E-state index < -0.39 is 6.17 Å². The Balaban J connectivity index is 1.69. The summed E-state index contributed by atoms with van der Waals surface area (Å²) in [5.41, 5.74) is 1.00. The molecule has 19 heavy (non-hydrogen) atoms. The van der Waals surface area contributed by atoms with Crippen molar-refractivity contribution in [2.24, 2.45) is 0 Å². The lowest BCUT2D eigenvalue weighted by Crippen LogP contribution is -2.36. The van der Waals surface area contributed by atoms with Gasteiger partial charge in [0.25, 0.3) is 0 Å². The Morgan fingerprint density at radius 3 is 2.63 bits per heavy atom. The lowest BCUT2D eigenvalue weighted by Gasteiger charge is -2.29. The number of rotatable bonds is 4. The predicted octanol–water partition coefficient (Wildman–Crippen LogP) is 3.13. The van der Waals surface area contributed by atoms with Crippen LogP contribution in [-0.4, -0.2) is 29.5 Å². The number of alkyl halides is 1. The van der Waals surface area contributed by atoms with E-state index in [1.54, 1.807) is 7.11 Å². The van der Waals surface area contributed by atoms with Gasteiger partial charge in [-0.3, -0.25) is 0 Å². The molecule has 0 bridgehead atoms. The highest BCUT2D eigenvalue weighted by molar-refractivity contribution is 7.18. The zero-order valence-corrected chi connectivity index (χ0v) is 11.3. The number of ether oxygens (including phenoxy) is 1. The Morgan fingerprint density at radius 2 is 2.00 bits per heavy atom. The Morgan fingerprint density at radius 1 is 1.26 bits per heavy atom. The first-order chi connectivity index (χ1) is 9.24. The molecule has 1 aliphatic rings. The summed E-state index contributed by atoms with van der Waals surface area (Å²) < 4.78 is 17.8. The van der Waals surface area contributed by atoms with Gasteiger partial charge >= 0.3 is 0 Å². The molecule has 1 aliphatic carbocycles. The topological polar surface area (TPSA) is 47.0 Å². The van der Waals surface area contributed by atoms with Crippen molar-refractivity contribution in [2.75, 3.05) is 12.4 Å². The molecule has 100 valence electrons. The molecule has 1 aromatic carbocycles. The Bertz CT molecular complexity index is 551. The van der Waals surface area contributed by atoms with E-state index in [-0.39, 0.29) is 6.04 Å². The van der Waals surface area contributed by atoms with Crippen molar-refractivity contribution in [3.8, 4) is 16.3 Å². The third kappa shape index (κ3) is 2.68. The standard InChI is InChI=1S/C13H14FN3OS/c1-18-11-4-2-8(3-5-11)12-16-17-13(19-12)15-10-6-9(14)7-10/h2-5,9-10H,6-7H2,1H3,(H,15,17). The van der Waals surface area contributed by atoms with Crippen LogP contribution in [0.2, 0.25) is 0 Å². The van der Waals surface area contributed by atoms with Crippen molar-refractivity contribution in [2.45, 2.75) is 25.1 Å². The minimum atomic E-state index is -0.661. The van der Waals surface area contributed by atoms with Crippen molar-refractivity contribution in [1.29, 1.82) is 0 Å². The van der Waals surface area contributed by atoms with Crippen molar-refractivity contribution < 1.29 is 9.13 Å². The fraction of sp³-hybridized carbons (Fsp3) is 0.385. The molecule has 6 heteroatoms. The molecule has 0 spiro atoms. The van der Waals surface area contributed by atoms with E-state index >= 15 is 0 Å². The highest BCUT2D eigenvalue weighted by atomic mass is 32.1. The fourth-order valence-electron chi connectivity index (χ4n) is 1.97. The molecule has 0 aliphatic heterocycles. The lowest BCUT2D eigenvalue weighted by molar-refractivity contribution is 0.192. The fourth-order valence-corrected chi connectivity index (χ4v) is 2.80. The molecule has 3 rings (SSSR count). The van der Waals surface area contributed by atoms with Crippen LogP contribution < -0.4 is 10.1 Å². The zero-order chi connectivity index (χ0) is 13.2. The number of aromatic nitrogens is 2. The first kappa shape index (κ1) is 12.3. The van der Waals surface area contributed by atoms with Gasteiger partial charge in [0.2, 0.25) is 5.13 Å². The molecular formula is C13H14FN3OS. The number of methoxy groups -OCH3 is 1. The van der Waals surface area contributed by atoms with Crippen LogP contribution >= 0.6 is 11.3 Å². The van der Waals surface area contributed by atoms with Gasteiger partial charge in [0.05, 0.1) is 7.11 Å². The number of hydrogen-bond acceptors (Lipinski definition) is 5. The van der Waals surface area contributed by atoms with Crippen molar-refractivity contribution in [3.05, 3.63) is 24.3 Å². The maximum Gasteiger partial charge on any atom is 0.206 e. The quantitative estimate of drug-likeness (QED) is 0.934. The van der Waals surface area contributed by atoms with Crippen molar-refractivity contribution >= 4 is 16.5 Å². The molecule has 0 atom stereocenters. The Hall–Kier alpha value is -1.69. The third-order valence-electron chi connectivity index (χ3n) is 3.17. The second-order valence-corrected chi connectivity index (χ2v) is 5.53. The van der Waals surface area contributed by atoms with Gasteiger partial charge < -0.3 is 10.1 Å². The molecule has 2 aromatic rings. The number of anilines is 1. The SMILES string of the molecule is COc1ccc(-c2nnc(NC3CC(F)C3)s2)cc1. The summed E-state index contributed by atoms with van der Waals surface area (Å²) in [7, 11) is 1.64. The molecule has 1 saturated carbocycles. The van der Waals surface area contributed by atoms with Crippen molar-refractivity contribution in [3.63, 3.8) is 0 Å². The van der Waals surface area contributed by atoms with Crippen LogP contribution in [0, 0.1) is 0 Å². The minimum absolute atomic E-state index is 0.201. The van der Waals surface area contributed by atoms with E-state index in [2.05, 4.69) is 15.5 Å². The van der Waals surface area contributed by atoms with Crippen LogP contribution in [0.15, 0.2) is 24.3 Å². The number of nitrogens with one attached hydrogen (secondary N) is 1. The average molecular weight is 279 g/mol. The van der Waals surface area contributed by atoms with Gasteiger partial charge in [-0.15, -0.1) is 10.2 Å². The van der Waals surface area contributed by atoms with Gasteiger partial charge in [0.15, 0.2) is 0 Å². The summed E-state index contributed by atoms with van der Waals surface area (Å²) in [4.78, 5) is 0. The maximum atomic E-state index is 12.7. The third-order valence-corrected chi connectivity index (χ3v) is 4.07. The van der Waals surface area contributed by atoms with Gasteiger partial charge in [-0.25, -0.2) is 4.39 Å². The Kier molecular flexibility index (Phi) is 3.33. The summed E-state index contributed by atoms with van der Waals surface area (Å²) in [6.07, 6.45) is 0.473. The summed E-state index contributed by atoms with van der Waals surface area (Å²) in [5, 5.41) is 13.0. The Labute approximate surface area is 114 Å². The van der Waals surface area contributed by atoms with Gasteiger partial charge in [0, 0.05) is 11.6 Å². The van der Waals surface area contributed by atoms with Crippen LogP contribution in [0.25, 0.3) is 10.6 Å². The second kappa shape index (κ2) is 5.13. The molecule has 1 aromatic heterocycles. The number of benzene rings is 1. The zero-order valence-electron chi connectivity index (χ0n) is 10.5. The number of halogens is 1. The van der Waals surface area contributed by atoms with Crippen LogP contribution in [-0.2, 0) is 0 Å². The molecule has 1 fully saturated rings. The van der Waals surface area contributed by atoms with Gasteiger partial charge in [0.1, 0.15) is 16.9 Å². The van der Waals surface area contributed by atoms with Crippen LogP contribution in [0.1, 0.15) is 12.8 Å². The highest BCUT2D eigenvalue weighted by Gasteiger charge is 2.29. The van der Waals surface area contributed by atoms with E-state index in [9.17, 15) is 4.39 Å². The van der Waals surface area contributed by atoms with Gasteiger partial charge in [-0.2, -0.15) is 0 Å². The van der Waals surface area contributed by atoms with Crippen molar-refractivity contribution in [1.82, 2.24) is 10.2 Å². The van der Waals surface area contributed by atoms with E-state index in [4.69, 9.17) is 4.74 Å².